The molecule has 0 spiro atoms. The predicted molar refractivity (Wildman–Crippen MR) is 114 cm³/mol. The second kappa shape index (κ2) is 8.33. The molecule has 1 aromatic heterocycles. The molecule has 5 nitrogen and oxygen atoms in total. The maximum Gasteiger partial charge on any atom is 0.246 e. The largest absolute Gasteiger partial charge is 0.350 e. The number of rotatable bonds is 3. The van der Waals surface area contributed by atoms with Gasteiger partial charge in [0, 0.05) is 42.5 Å². The fourth-order valence-corrected chi connectivity index (χ4v) is 3.95. The molecule has 0 bridgehead atoms. The van der Waals surface area contributed by atoms with E-state index in [2.05, 4.69) is 11.6 Å². The van der Waals surface area contributed by atoms with Crippen LogP contribution < -0.4 is 0 Å². The molecule has 1 aliphatic rings. The highest BCUT2D eigenvalue weighted by Gasteiger charge is 2.29. The van der Waals surface area contributed by atoms with Crippen molar-refractivity contribution in [3.05, 3.63) is 64.6 Å². The summed E-state index contributed by atoms with van der Waals surface area (Å²) in [5.41, 5.74) is 2.71. The standard InChI is InChI=1S/C22H24ClFN4O/c1-5-19(29)27-9-10-28(14(3)12-27)22(25)16-11-17(23)21(26-15(16)4)20-13(2)7-6-8-18(20)24/h5-8,11,14,25H,1,9-10,12H2,2-4H3. The average Bonchev–Trinajstić information content (AvgIpc) is 2.68. The Labute approximate surface area is 175 Å². The zero-order valence-electron chi connectivity index (χ0n) is 16.8. The van der Waals surface area contributed by atoms with E-state index < -0.39 is 0 Å². The summed E-state index contributed by atoms with van der Waals surface area (Å²) in [6.45, 7) is 10.7. The van der Waals surface area contributed by atoms with Gasteiger partial charge in [-0.3, -0.25) is 15.2 Å². The molecule has 1 unspecified atom stereocenters. The van der Waals surface area contributed by atoms with E-state index in [1.165, 1.54) is 12.1 Å². The fourth-order valence-electron chi connectivity index (χ4n) is 3.70. The second-order valence-electron chi connectivity index (χ2n) is 7.26. The fraction of sp³-hybridized carbons (Fsp3) is 0.318. The number of halogens is 2. The lowest BCUT2D eigenvalue weighted by Gasteiger charge is -2.41. The number of amides is 1. The van der Waals surface area contributed by atoms with E-state index in [1.807, 2.05) is 24.8 Å². The number of nitrogens with one attached hydrogen (secondary N) is 1. The quantitative estimate of drug-likeness (QED) is 0.465. The third-order valence-corrected chi connectivity index (χ3v) is 5.57. The Morgan fingerprint density at radius 3 is 2.72 bits per heavy atom. The first-order chi connectivity index (χ1) is 13.7. The van der Waals surface area contributed by atoms with Crippen molar-refractivity contribution < 1.29 is 9.18 Å². The van der Waals surface area contributed by atoms with Crippen molar-refractivity contribution in [2.24, 2.45) is 0 Å². The van der Waals surface area contributed by atoms with E-state index in [1.54, 1.807) is 24.0 Å². The summed E-state index contributed by atoms with van der Waals surface area (Å²) >= 11 is 6.47. The van der Waals surface area contributed by atoms with Gasteiger partial charge in [-0.25, -0.2) is 4.39 Å². The zero-order valence-corrected chi connectivity index (χ0v) is 17.6. The van der Waals surface area contributed by atoms with Crippen molar-refractivity contribution in [3.8, 4) is 11.3 Å². The van der Waals surface area contributed by atoms with Crippen LogP contribution in [0.1, 0.15) is 23.7 Å². The number of nitrogens with zero attached hydrogens (tertiary/aromatic N) is 3. The predicted octanol–water partition coefficient (Wildman–Crippen LogP) is 4.20. The lowest BCUT2D eigenvalue weighted by molar-refractivity contribution is -0.128. The van der Waals surface area contributed by atoms with E-state index >= 15 is 0 Å². The normalized spacial score (nSPS) is 16.7. The lowest BCUT2D eigenvalue weighted by atomic mass is 10.0. The van der Waals surface area contributed by atoms with Gasteiger partial charge in [0.15, 0.2) is 0 Å². The van der Waals surface area contributed by atoms with Crippen molar-refractivity contribution in [2.45, 2.75) is 26.8 Å². The molecule has 152 valence electrons. The summed E-state index contributed by atoms with van der Waals surface area (Å²) in [6.07, 6.45) is 1.31. The minimum Gasteiger partial charge on any atom is -0.350 e. The van der Waals surface area contributed by atoms with Crippen molar-refractivity contribution in [3.63, 3.8) is 0 Å². The number of hydrogen-bond donors (Lipinski definition) is 1. The van der Waals surface area contributed by atoms with Gasteiger partial charge in [-0.2, -0.15) is 0 Å². The Bertz CT molecular complexity index is 971. The van der Waals surface area contributed by atoms with Gasteiger partial charge in [-0.1, -0.05) is 30.3 Å². The minimum absolute atomic E-state index is 0.0354. The highest BCUT2D eigenvalue weighted by atomic mass is 35.5. The van der Waals surface area contributed by atoms with Gasteiger partial charge in [0.1, 0.15) is 11.7 Å². The van der Waals surface area contributed by atoms with Crippen LogP contribution >= 0.6 is 11.6 Å². The molecule has 1 fully saturated rings. The summed E-state index contributed by atoms with van der Waals surface area (Å²) < 4.78 is 14.4. The molecule has 7 heteroatoms. The van der Waals surface area contributed by atoms with Crippen LogP contribution in [-0.2, 0) is 4.79 Å². The molecule has 1 N–H and O–H groups in total. The number of aryl methyl sites for hydroxylation is 2. The van der Waals surface area contributed by atoms with Crippen LogP contribution in [0.3, 0.4) is 0 Å². The van der Waals surface area contributed by atoms with Gasteiger partial charge in [-0.05, 0) is 44.5 Å². The monoisotopic (exact) mass is 414 g/mol. The van der Waals surface area contributed by atoms with Crippen LogP contribution in [0, 0.1) is 25.1 Å². The summed E-state index contributed by atoms with van der Waals surface area (Å²) in [4.78, 5) is 20.1. The van der Waals surface area contributed by atoms with Crippen molar-refractivity contribution in [2.75, 3.05) is 19.6 Å². The van der Waals surface area contributed by atoms with Crippen molar-refractivity contribution >= 4 is 23.3 Å². The Morgan fingerprint density at radius 1 is 1.38 bits per heavy atom. The number of carbonyl (C=O) groups is 1. The van der Waals surface area contributed by atoms with Crippen LogP contribution in [0.15, 0.2) is 36.9 Å². The maximum absolute atomic E-state index is 14.4. The number of aromatic nitrogens is 1. The van der Waals surface area contributed by atoms with Crippen LogP contribution in [0.2, 0.25) is 5.02 Å². The highest BCUT2D eigenvalue weighted by Crippen LogP contribution is 2.32. The van der Waals surface area contributed by atoms with E-state index in [-0.39, 0.29) is 17.8 Å². The molecule has 1 aromatic carbocycles. The summed E-state index contributed by atoms with van der Waals surface area (Å²) in [7, 11) is 0. The van der Waals surface area contributed by atoms with Crippen molar-refractivity contribution in [1.82, 2.24) is 14.8 Å². The van der Waals surface area contributed by atoms with Crippen LogP contribution in [0.25, 0.3) is 11.3 Å². The first-order valence-corrected chi connectivity index (χ1v) is 9.82. The molecule has 1 atom stereocenters. The van der Waals surface area contributed by atoms with E-state index in [0.29, 0.717) is 53.0 Å². The first-order valence-electron chi connectivity index (χ1n) is 9.44. The number of piperazine rings is 1. The molecular weight excluding hydrogens is 391 g/mol. The summed E-state index contributed by atoms with van der Waals surface area (Å²) in [5, 5.41) is 9.00. The molecule has 0 radical (unpaired) electrons. The van der Waals surface area contributed by atoms with Gasteiger partial charge >= 0.3 is 0 Å². The SMILES string of the molecule is C=CC(=O)N1CCN(C(=N)c2cc(Cl)c(-c3c(C)cccc3F)nc2C)C(C)C1. The zero-order chi connectivity index (χ0) is 21.3. The Balaban J connectivity index is 1.91. The number of amidine groups is 1. The Morgan fingerprint density at radius 2 is 2.10 bits per heavy atom. The highest BCUT2D eigenvalue weighted by molar-refractivity contribution is 6.33. The van der Waals surface area contributed by atoms with Crippen LogP contribution in [0.5, 0.6) is 0 Å². The topological polar surface area (TPSA) is 60.3 Å². The second-order valence-corrected chi connectivity index (χ2v) is 7.67. The number of carbonyl (C=O) groups excluding carboxylic acids is 1. The van der Waals surface area contributed by atoms with Gasteiger partial charge in [0.05, 0.1) is 10.7 Å². The molecule has 1 aliphatic heterocycles. The average molecular weight is 415 g/mol. The van der Waals surface area contributed by atoms with Gasteiger partial charge < -0.3 is 9.80 Å². The third kappa shape index (κ3) is 4.03. The molecule has 2 heterocycles. The summed E-state index contributed by atoms with van der Waals surface area (Å²) in [6, 6.07) is 6.50. The van der Waals surface area contributed by atoms with Crippen LogP contribution in [-0.4, -0.2) is 52.2 Å². The number of pyridine rings is 1. The molecule has 1 amide bonds. The smallest absolute Gasteiger partial charge is 0.246 e. The lowest BCUT2D eigenvalue weighted by Crippen LogP contribution is -2.55. The molecular formula is C22H24ClFN4O. The van der Waals surface area contributed by atoms with Crippen molar-refractivity contribution in [1.29, 1.82) is 5.41 Å². The minimum atomic E-state index is -0.377. The molecule has 1 saturated heterocycles. The first kappa shape index (κ1) is 21.0. The molecule has 29 heavy (non-hydrogen) atoms. The Kier molecular flexibility index (Phi) is 6.03. The van der Waals surface area contributed by atoms with E-state index in [4.69, 9.17) is 17.0 Å². The van der Waals surface area contributed by atoms with Gasteiger partial charge in [-0.15, -0.1) is 0 Å². The van der Waals surface area contributed by atoms with E-state index in [9.17, 15) is 9.18 Å². The number of hydrogen-bond acceptors (Lipinski definition) is 3. The van der Waals surface area contributed by atoms with Gasteiger partial charge in [0.2, 0.25) is 5.91 Å². The Hall–Kier alpha value is -2.73. The molecule has 0 saturated carbocycles. The maximum atomic E-state index is 14.4. The molecule has 2 aromatic rings. The van der Waals surface area contributed by atoms with E-state index in [0.717, 1.165) is 5.56 Å². The molecule has 0 aliphatic carbocycles. The summed E-state index contributed by atoms with van der Waals surface area (Å²) in [5.74, 6) is -0.182. The van der Waals surface area contributed by atoms with Crippen LogP contribution in [0.4, 0.5) is 4.39 Å². The number of benzene rings is 1. The molecule has 3 rings (SSSR count). The van der Waals surface area contributed by atoms with Gasteiger partial charge in [0.25, 0.3) is 0 Å². The third-order valence-electron chi connectivity index (χ3n) is 5.28.